The van der Waals surface area contributed by atoms with Crippen molar-refractivity contribution in [2.45, 2.75) is 64.2 Å². The number of carbonyl (C=O) groups excluding carboxylic acids is 1. The largest absolute Gasteiger partial charge is 0.371 e. The topological polar surface area (TPSA) is 67.0 Å². The molecule has 0 saturated heterocycles. The molecule has 0 spiro atoms. The molecule has 5 nitrogen and oxygen atoms in total. The number of aromatic nitrogens is 2. The van der Waals surface area contributed by atoms with E-state index in [2.05, 4.69) is 34.6 Å². The first-order chi connectivity index (χ1) is 12.3. The lowest BCUT2D eigenvalue weighted by molar-refractivity contribution is -0.00466. The SMILES string of the molecule is CCCc1cc(C(=O)N[C@H]2CCCC[C@@H]2OCc2ccccc2)n[nH]1. The zero-order chi connectivity index (χ0) is 17.5. The van der Waals surface area contributed by atoms with Gasteiger partial charge in [-0.15, -0.1) is 0 Å². The molecule has 1 fully saturated rings. The fourth-order valence-electron chi connectivity index (χ4n) is 3.36. The highest BCUT2D eigenvalue weighted by atomic mass is 16.5. The van der Waals surface area contributed by atoms with Crippen molar-refractivity contribution in [2.75, 3.05) is 0 Å². The summed E-state index contributed by atoms with van der Waals surface area (Å²) in [7, 11) is 0. The van der Waals surface area contributed by atoms with Crippen LogP contribution in [-0.2, 0) is 17.8 Å². The number of H-pyrrole nitrogens is 1. The van der Waals surface area contributed by atoms with E-state index >= 15 is 0 Å². The number of ether oxygens (including phenoxy) is 1. The molecule has 0 radical (unpaired) electrons. The van der Waals surface area contributed by atoms with E-state index in [1.54, 1.807) is 0 Å². The van der Waals surface area contributed by atoms with Crippen LogP contribution in [-0.4, -0.2) is 28.3 Å². The van der Waals surface area contributed by atoms with Crippen molar-refractivity contribution in [3.05, 3.63) is 53.3 Å². The quantitative estimate of drug-likeness (QED) is 0.808. The van der Waals surface area contributed by atoms with Crippen LogP contribution in [0.25, 0.3) is 0 Å². The van der Waals surface area contributed by atoms with E-state index in [4.69, 9.17) is 4.74 Å². The van der Waals surface area contributed by atoms with Crippen molar-refractivity contribution in [3.63, 3.8) is 0 Å². The number of aryl methyl sites for hydroxylation is 1. The molecule has 1 aliphatic carbocycles. The summed E-state index contributed by atoms with van der Waals surface area (Å²) < 4.78 is 6.12. The van der Waals surface area contributed by atoms with E-state index in [-0.39, 0.29) is 18.1 Å². The number of nitrogens with zero attached hydrogens (tertiary/aromatic N) is 1. The molecule has 0 bridgehead atoms. The minimum atomic E-state index is -0.112. The average Bonchev–Trinajstić information content (AvgIpc) is 3.11. The van der Waals surface area contributed by atoms with E-state index < -0.39 is 0 Å². The molecule has 1 amide bonds. The summed E-state index contributed by atoms with van der Waals surface area (Å²) in [4.78, 5) is 12.5. The maximum absolute atomic E-state index is 12.5. The molecule has 1 aliphatic rings. The van der Waals surface area contributed by atoms with Gasteiger partial charge in [-0.25, -0.2) is 0 Å². The van der Waals surface area contributed by atoms with E-state index in [9.17, 15) is 4.79 Å². The monoisotopic (exact) mass is 341 g/mol. The minimum absolute atomic E-state index is 0.0521. The van der Waals surface area contributed by atoms with Crippen LogP contribution in [0, 0.1) is 0 Å². The summed E-state index contributed by atoms with van der Waals surface area (Å²) in [5, 5.41) is 10.2. The summed E-state index contributed by atoms with van der Waals surface area (Å²) in [6.45, 7) is 2.69. The molecule has 0 aliphatic heterocycles. The molecule has 0 unspecified atom stereocenters. The van der Waals surface area contributed by atoms with Gasteiger partial charge in [0.25, 0.3) is 5.91 Å². The molecule has 1 aromatic heterocycles. The van der Waals surface area contributed by atoms with Crippen LogP contribution in [0.15, 0.2) is 36.4 Å². The number of rotatable bonds is 7. The Morgan fingerprint density at radius 2 is 2.08 bits per heavy atom. The van der Waals surface area contributed by atoms with Crippen LogP contribution in [0.5, 0.6) is 0 Å². The summed E-state index contributed by atoms with van der Waals surface area (Å²) in [6, 6.07) is 12.1. The molecule has 3 rings (SSSR count). The zero-order valence-electron chi connectivity index (χ0n) is 14.8. The third-order valence-corrected chi connectivity index (χ3v) is 4.71. The first-order valence-electron chi connectivity index (χ1n) is 9.27. The van der Waals surface area contributed by atoms with Gasteiger partial charge in [0.05, 0.1) is 18.8 Å². The van der Waals surface area contributed by atoms with Gasteiger partial charge in [0.1, 0.15) is 5.69 Å². The Morgan fingerprint density at radius 1 is 1.28 bits per heavy atom. The summed E-state index contributed by atoms with van der Waals surface area (Å²) >= 11 is 0. The molecular weight excluding hydrogens is 314 g/mol. The van der Waals surface area contributed by atoms with Crippen molar-refractivity contribution in [1.82, 2.24) is 15.5 Å². The Morgan fingerprint density at radius 3 is 2.88 bits per heavy atom. The number of hydrogen-bond donors (Lipinski definition) is 2. The molecule has 1 saturated carbocycles. The van der Waals surface area contributed by atoms with Gasteiger partial charge < -0.3 is 10.1 Å². The molecule has 5 heteroatoms. The highest BCUT2D eigenvalue weighted by molar-refractivity contribution is 5.92. The molecule has 1 aromatic carbocycles. The highest BCUT2D eigenvalue weighted by Crippen LogP contribution is 2.23. The fraction of sp³-hybridized carbons (Fsp3) is 0.500. The zero-order valence-corrected chi connectivity index (χ0v) is 14.8. The average molecular weight is 341 g/mol. The van der Waals surface area contributed by atoms with Crippen LogP contribution in [0.2, 0.25) is 0 Å². The van der Waals surface area contributed by atoms with E-state index in [0.29, 0.717) is 12.3 Å². The lowest BCUT2D eigenvalue weighted by Gasteiger charge is -2.32. The predicted molar refractivity (Wildman–Crippen MR) is 97.3 cm³/mol. The van der Waals surface area contributed by atoms with E-state index in [1.807, 2.05) is 24.3 Å². The number of carbonyl (C=O) groups is 1. The Hall–Kier alpha value is -2.14. The molecular formula is C20H27N3O2. The van der Waals surface area contributed by atoms with E-state index in [1.165, 1.54) is 0 Å². The van der Waals surface area contributed by atoms with Crippen LogP contribution >= 0.6 is 0 Å². The smallest absolute Gasteiger partial charge is 0.272 e. The van der Waals surface area contributed by atoms with Crippen molar-refractivity contribution < 1.29 is 9.53 Å². The number of hydrogen-bond acceptors (Lipinski definition) is 3. The number of amides is 1. The van der Waals surface area contributed by atoms with Gasteiger partial charge in [0.2, 0.25) is 0 Å². The van der Waals surface area contributed by atoms with Crippen LogP contribution in [0.3, 0.4) is 0 Å². The van der Waals surface area contributed by atoms with Gasteiger partial charge in [-0.1, -0.05) is 56.5 Å². The van der Waals surface area contributed by atoms with Crippen molar-refractivity contribution in [3.8, 4) is 0 Å². The normalized spacial score (nSPS) is 20.4. The van der Waals surface area contributed by atoms with Crippen molar-refractivity contribution in [2.24, 2.45) is 0 Å². The lowest BCUT2D eigenvalue weighted by atomic mass is 9.92. The molecule has 2 aromatic rings. The second kappa shape index (κ2) is 8.81. The Labute approximate surface area is 149 Å². The molecule has 2 N–H and O–H groups in total. The molecule has 25 heavy (non-hydrogen) atoms. The van der Waals surface area contributed by atoms with Gasteiger partial charge in [0, 0.05) is 5.69 Å². The summed E-state index contributed by atoms with van der Waals surface area (Å²) in [5.74, 6) is -0.112. The van der Waals surface area contributed by atoms with Gasteiger partial charge in [0.15, 0.2) is 0 Å². The van der Waals surface area contributed by atoms with Crippen LogP contribution in [0.1, 0.15) is 60.8 Å². The van der Waals surface area contributed by atoms with Gasteiger partial charge in [-0.05, 0) is 30.9 Å². The van der Waals surface area contributed by atoms with Gasteiger partial charge in [-0.2, -0.15) is 5.10 Å². The Bertz CT molecular complexity index is 669. The number of nitrogens with one attached hydrogen (secondary N) is 2. The predicted octanol–water partition coefficient (Wildman–Crippen LogP) is 3.62. The van der Waals surface area contributed by atoms with E-state index in [0.717, 1.165) is 49.8 Å². The van der Waals surface area contributed by atoms with Gasteiger partial charge in [-0.3, -0.25) is 9.89 Å². The Kier molecular flexibility index (Phi) is 6.23. The van der Waals surface area contributed by atoms with Crippen molar-refractivity contribution in [1.29, 1.82) is 0 Å². The molecule has 134 valence electrons. The third-order valence-electron chi connectivity index (χ3n) is 4.71. The van der Waals surface area contributed by atoms with Gasteiger partial charge >= 0.3 is 0 Å². The molecule has 1 heterocycles. The lowest BCUT2D eigenvalue weighted by Crippen LogP contribution is -2.46. The van der Waals surface area contributed by atoms with Crippen LogP contribution < -0.4 is 5.32 Å². The summed E-state index contributed by atoms with van der Waals surface area (Å²) in [5.41, 5.74) is 2.64. The third kappa shape index (κ3) is 4.92. The summed E-state index contributed by atoms with van der Waals surface area (Å²) in [6.07, 6.45) is 6.21. The number of benzene rings is 1. The number of aromatic amines is 1. The maximum atomic E-state index is 12.5. The fourth-order valence-corrected chi connectivity index (χ4v) is 3.36. The second-order valence-corrected chi connectivity index (χ2v) is 6.73. The highest BCUT2D eigenvalue weighted by Gasteiger charge is 2.28. The Balaban J connectivity index is 1.57. The first kappa shape index (κ1) is 17.7. The first-order valence-corrected chi connectivity index (χ1v) is 9.27. The minimum Gasteiger partial charge on any atom is -0.371 e. The standard InChI is InChI=1S/C20H27N3O2/c1-2-8-16-13-18(23-22-16)20(24)21-17-11-6-7-12-19(17)25-14-15-9-4-3-5-10-15/h3-5,9-10,13,17,19H,2,6-8,11-12,14H2,1H3,(H,21,24)(H,22,23)/t17-,19-/m0/s1. The maximum Gasteiger partial charge on any atom is 0.272 e. The second-order valence-electron chi connectivity index (χ2n) is 6.73. The molecule has 2 atom stereocenters. The van der Waals surface area contributed by atoms with Crippen LogP contribution in [0.4, 0.5) is 0 Å². The van der Waals surface area contributed by atoms with Crippen molar-refractivity contribution >= 4 is 5.91 Å².